The summed E-state index contributed by atoms with van der Waals surface area (Å²) in [7, 11) is 0. The molecule has 1 saturated carbocycles. The molecule has 0 aromatic carbocycles. The molecule has 0 spiro atoms. The summed E-state index contributed by atoms with van der Waals surface area (Å²) in [6.07, 6.45) is 2.33. The fraction of sp³-hybridized carbons (Fsp3) is 1.00. The van der Waals surface area contributed by atoms with Gasteiger partial charge >= 0.3 is 0 Å². The first-order valence-corrected chi connectivity index (χ1v) is 4.60. The lowest BCUT2D eigenvalue weighted by Crippen LogP contribution is -2.19. The predicted octanol–water partition coefficient (Wildman–Crippen LogP) is 2.44. The third kappa shape index (κ3) is 1.96. The largest absolute Gasteiger partial charge is 0.393 e. The predicted molar refractivity (Wildman–Crippen MR) is 47.3 cm³/mol. The summed E-state index contributed by atoms with van der Waals surface area (Å²) in [5, 5.41) is 9.45. The molecule has 1 N–H and O–H groups in total. The van der Waals surface area contributed by atoms with E-state index in [-0.39, 0.29) is 6.10 Å². The molecule has 0 saturated heterocycles. The van der Waals surface area contributed by atoms with Crippen LogP contribution < -0.4 is 0 Å². The number of aliphatic hydroxyl groups excluding tert-OH is 1. The highest BCUT2D eigenvalue weighted by molar-refractivity contribution is 4.88. The lowest BCUT2D eigenvalue weighted by molar-refractivity contribution is 0.103. The molecule has 0 aromatic rings. The van der Waals surface area contributed by atoms with Crippen molar-refractivity contribution < 1.29 is 5.11 Å². The number of hydrogen-bond donors (Lipinski definition) is 1. The number of aliphatic hydroxyl groups is 1. The summed E-state index contributed by atoms with van der Waals surface area (Å²) >= 11 is 0. The molecule has 1 rings (SSSR count). The van der Waals surface area contributed by atoms with Gasteiger partial charge in [0.25, 0.3) is 0 Å². The summed E-state index contributed by atoms with van der Waals surface area (Å²) in [6.45, 7) is 8.77. The van der Waals surface area contributed by atoms with Gasteiger partial charge in [0.2, 0.25) is 0 Å². The van der Waals surface area contributed by atoms with E-state index in [1.165, 1.54) is 12.8 Å². The maximum Gasteiger partial charge on any atom is 0.0543 e. The Morgan fingerprint density at radius 1 is 1.36 bits per heavy atom. The Morgan fingerprint density at radius 3 is 2.09 bits per heavy atom. The molecule has 3 unspecified atom stereocenters. The molecule has 1 heteroatoms. The molecule has 1 nitrogen and oxygen atoms in total. The first-order chi connectivity index (χ1) is 4.92. The molecule has 1 fully saturated rings. The molecule has 1 aliphatic carbocycles. The van der Waals surface area contributed by atoms with Gasteiger partial charge in [-0.2, -0.15) is 0 Å². The maximum atomic E-state index is 9.45. The molecule has 0 bridgehead atoms. The van der Waals surface area contributed by atoms with Crippen LogP contribution >= 0.6 is 0 Å². The van der Waals surface area contributed by atoms with Crippen molar-refractivity contribution in [3.63, 3.8) is 0 Å². The van der Waals surface area contributed by atoms with E-state index >= 15 is 0 Å². The number of hydrogen-bond acceptors (Lipinski definition) is 1. The van der Waals surface area contributed by atoms with Gasteiger partial charge in [-0.1, -0.05) is 20.8 Å². The summed E-state index contributed by atoms with van der Waals surface area (Å²) in [6, 6.07) is 0. The molecule has 11 heavy (non-hydrogen) atoms. The lowest BCUT2D eigenvalue weighted by atomic mass is 9.89. The third-order valence-corrected chi connectivity index (χ3v) is 3.01. The van der Waals surface area contributed by atoms with Crippen molar-refractivity contribution in [2.24, 2.45) is 17.3 Å². The van der Waals surface area contributed by atoms with Crippen molar-refractivity contribution in [2.75, 3.05) is 0 Å². The van der Waals surface area contributed by atoms with E-state index in [0.29, 0.717) is 17.3 Å². The van der Waals surface area contributed by atoms with Crippen LogP contribution in [0.5, 0.6) is 0 Å². The fourth-order valence-electron chi connectivity index (χ4n) is 2.59. The quantitative estimate of drug-likeness (QED) is 0.618. The molecule has 0 aliphatic heterocycles. The molecule has 1 aliphatic rings. The van der Waals surface area contributed by atoms with E-state index < -0.39 is 0 Å². The second kappa shape index (κ2) is 2.78. The van der Waals surface area contributed by atoms with Crippen LogP contribution in [-0.4, -0.2) is 11.2 Å². The van der Waals surface area contributed by atoms with Crippen LogP contribution in [0.25, 0.3) is 0 Å². The Labute approximate surface area is 69.8 Å². The monoisotopic (exact) mass is 156 g/mol. The summed E-state index contributed by atoms with van der Waals surface area (Å²) in [5.74, 6) is 1.23. The Morgan fingerprint density at radius 2 is 1.91 bits per heavy atom. The zero-order valence-electron chi connectivity index (χ0n) is 8.09. The van der Waals surface area contributed by atoms with Crippen molar-refractivity contribution in [3.8, 4) is 0 Å². The number of rotatable bonds is 1. The molecule has 0 radical (unpaired) electrons. The Kier molecular flexibility index (Phi) is 2.29. The Balaban J connectivity index is 2.59. The molecular formula is C10H20O. The zero-order chi connectivity index (χ0) is 8.65. The Bertz CT molecular complexity index is 138. The smallest absolute Gasteiger partial charge is 0.0543 e. The molecular weight excluding hydrogens is 136 g/mol. The highest BCUT2D eigenvalue weighted by atomic mass is 16.3. The minimum Gasteiger partial charge on any atom is -0.393 e. The second-order valence-corrected chi connectivity index (χ2v) is 4.95. The highest BCUT2D eigenvalue weighted by Gasteiger charge is 2.38. The first-order valence-electron chi connectivity index (χ1n) is 4.60. The van der Waals surface area contributed by atoms with Crippen molar-refractivity contribution in [1.82, 2.24) is 0 Å². The first kappa shape index (κ1) is 9.05. The van der Waals surface area contributed by atoms with Crippen molar-refractivity contribution in [2.45, 2.75) is 46.6 Å². The van der Waals surface area contributed by atoms with Gasteiger partial charge in [-0.3, -0.25) is 0 Å². The van der Waals surface area contributed by atoms with E-state index in [0.717, 1.165) is 0 Å². The summed E-state index contributed by atoms with van der Waals surface area (Å²) < 4.78 is 0. The summed E-state index contributed by atoms with van der Waals surface area (Å²) in [5.41, 5.74) is 0.459. The molecule has 3 atom stereocenters. The van der Waals surface area contributed by atoms with Crippen molar-refractivity contribution >= 4 is 0 Å². The lowest BCUT2D eigenvalue weighted by Gasteiger charge is -2.19. The standard InChI is InChI=1S/C10H20O/c1-7-5-10(3,4)6-9(7)8(2)11/h7-9,11H,5-6H2,1-4H3. The molecule has 0 aromatic heterocycles. The van der Waals surface area contributed by atoms with Gasteiger partial charge in [-0.25, -0.2) is 0 Å². The average molecular weight is 156 g/mol. The van der Waals surface area contributed by atoms with E-state index in [1.807, 2.05) is 6.92 Å². The minimum absolute atomic E-state index is 0.119. The van der Waals surface area contributed by atoms with Crippen LogP contribution in [0.1, 0.15) is 40.5 Å². The highest BCUT2D eigenvalue weighted by Crippen LogP contribution is 2.45. The van der Waals surface area contributed by atoms with Crippen LogP contribution in [0.15, 0.2) is 0 Å². The zero-order valence-corrected chi connectivity index (χ0v) is 8.09. The van der Waals surface area contributed by atoms with Crippen molar-refractivity contribution in [3.05, 3.63) is 0 Å². The topological polar surface area (TPSA) is 20.2 Å². The van der Waals surface area contributed by atoms with Gasteiger partial charge in [0.15, 0.2) is 0 Å². The minimum atomic E-state index is -0.119. The summed E-state index contributed by atoms with van der Waals surface area (Å²) in [4.78, 5) is 0. The van der Waals surface area contributed by atoms with Crippen LogP contribution in [0.3, 0.4) is 0 Å². The molecule has 0 heterocycles. The van der Waals surface area contributed by atoms with Gasteiger partial charge in [0, 0.05) is 0 Å². The van der Waals surface area contributed by atoms with E-state index in [9.17, 15) is 5.11 Å². The third-order valence-electron chi connectivity index (χ3n) is 3.01. The normalized spacial score (nSPS) is 39.0. The van der Waals surface area contributed by atoms with Gasteiger partial charge in [-0.15, -0.1) is 0 Å². The van der Waals surface area contributed by atoms with Gasteiger partial charge < -0.3 is 5.11 Å². The van der Waals surface area contributed by atoms with Crippen LogP contribution in [0.2, 0.25) is 0 Å². The van der Waals surface area contributed by atoms with E-state index in [4.69, 9.17) is 0 Å². The Hall–Kier alpha value is -0.0400. The average Bonchev–Trinajstić information content (AvgIpc) is 2.05. The van der Waals surface area contributed by atoms with Crippen LogP contribution in [0.4, 0.5) is 0 Å². The SMILES string of the molecule is CC(O)C1CC(C)(C)CC1C. The maximum absolute atomic E-state index is 9.45. The van der Waals surface area contributed by atoms with E-state index in [1.54, 1.807) is 0 Å². The van der Waals surface area contributed by atoms with Crippen LogP contribution in [0, 0.1) is 17.3 Å². The fourth-order valence-corrected chi connectivity index (χ4v) is 2.59. The second-order valence-electron chi connectivity index (χ2n) is 4.95. The van der Waals surface area contributed by atoms with Crippen molar-refractivity contribution in [1.29, 1.82) is 0 Å². The van der Waals surface area contributed by atoms with E-state index in [2.05, 4.69) is 20.8 Å². The van der Waals surface area contributed by atoms with Gasteiger partial charge in [-0.05, 0) is 37.0 Å². The molecule has 66 valence electrons. The van der Waals surface area contributed by atoms with Gasteiger partial charge in [0.1, 0.15) is 0 Å². The van der Waals surface area contributed by atoms with Gasteiger partial charge in [0.05, 0.1) is 6.10 Å². The molecule has 0 amide bonds. The van der Waals surface area contributed by atoms with Crippen LogP contribution in [-0.2, 0) is 0 Å².